The summed E-state index contributed by atoms with van der Waals surface area (Å²) in [5, 5.41) is 5.82. The Morgan fingerprint density at radius 1 is 1.55 bits per heavy atom. The molecule has 1 saturated heterocycles. The Balaban J connectivity index is 1.73. The van der Waals surface area contributed by atoms with Crippen molar-refractivity contribution in [2.45, 2.75) is 19.4 Å². The second-order valence-electron chi connectivity index (χ2n) is 5.79. The predicted octanol–water partition coefficient (Wildman–Crippen LogP) is 2.61. The van der Waals surface area contributed by atoms with Gasteiger partial charge in [0.05, 0.1) is 12.6 Å². The van der Waals surface area contributed by atoms with Crippen LogP contribution >= 0.6 is 15.9 Å². The van der Waals surface area contributed by atoms with Crippen LogP contribution in [-0.4, -0.2) is 45.4 Å². The molecular formula is C16H24BrN3O2. The first-order valence-electron chi connectivity index (χ1n) is 7.62. The lowest BCUT2D eigenvalue weighted by Gasteiger charge is -2.19. The monoisotopic (exact) mass is 369 g/mol. The molecule has 0 saturated carbocycles. The van der Waals surface area contributed by atoms with Crippen molar-refractivity contribution >= 4 is 27.6 Å². The normalized spacial score (nSPS) is 19.0. The molecule has 1 fully saturated rings. The number of benzene rings is 1. The van der Waals surface area contributed by atoms with Gasteiger partial charge in [-0.3, -0.25) is 0 Å². The highest BCUT2D eigenvalue weighted by molar-refractivity contribution is 9.10. The van der Waals surface area contributed by atoms with E-state index in [0.29, 0.717) is 19.1 Å². The molecule has 22 heavy (non-hydrogen) atoms. The second kappa shape index (κ2) is 8.39. The molecule has 122 valence electrons. The van der Waals surface area contributed by atoms with E-state index in [1.165, 1.54) is 5.69 Å². The zero-order valence-corrected chi connectivity index (χ0v) is 14.7. The van der Waals surface area contributed by atoms with Crippen LogP contribution in [0.15, 0.2) is 28.7 Å². The molecule has 2 unspecified atom stereocenters. The van der Waals surface area contributed by atoms with E-state index in [4.69, 9.17) is 4.74 Å². The number of hydrogen-bond donors (Lipinski definition) is 2. The molecule has 1 aromatic carbocycles. The van der Waals surface area contributed by atoms with Gasteiger partial charge in [0, 0.05) is 36.9 Å². The number of anilines is 1. The fourth-order valence-corrected chi connectivity index (χ4v) is 3.10. The van der Waals surface area contributed by atoms with E-state index < -0.39 is 0 Å². The standard InChI is InChI=1S/C16H24BrN3O2/c1-12(11-22-2)19-16(21)18-9-13-6-7-20(10-13)15-5-3-4-14(17)8-15/h3-5,8,12-13H,6-7,9-11H2,1-2H3,(H2,18,19,21). The van der Waals surface area contributed by atoms with E-state index in [2.05, 4.69) is 49.7 Å². The molecule has 6 heteroatoms. The molecule has 1 heterocycles. The molecule has 1 aromatic rings. The van der Waals surface area contributed by atoms with Crippen LogP contribution in [0.5, 0.6) is 0 Å². The number of urea groups is 1. The molecule has 0 aliphatic carbocycles. The minimum absolute atomic E-state index is 0.0201. The fourth-order valence-electron chi connectivity index (χ4n) is 2.71. The number of ether oxygens (including phenoxy) is 1. The number of nitrogens with one attached hydrogen (secondary N) is 2. The minimum Gasteiger partial charge on any atom is -0.383 e. The van der Waals surface area contributed by atoms with Crippen LogP contribution in [0.3, 0.4) is 0 Å². The number of rotatable bonds is 6. The second-order valence-corrected chi connectivity index (χ2v) is 6.71. The molecule has 0 radical (unpaired) electrons. The van der Waals surface area contributed by atoms with Crippen molar-refractivity contribution in [2.24, 2.45) is 5.92 Å². The number of nitrogens with zero attached hydrogens (tertiary/aromatic N) is 1. The summed E-state index contributed by atoms with van der Waals surface area (Å²) < 4.78 is 6.10. The number of carbonyl (C=O) groups excluding carboxylic acids is 1. The Morgan fingerprint density at radius 3 is 3.09 bits per heavy atom. The third-order valence-corrected chi connectivity index (χ3v) is 4.30. The summed E-state index contributed by atoms with van der Waals surface area (Å²) in [6.45, 7) is 5.16. The SMILES string of the molecule is COCC(C)NC(=O)NCC1CCN(c2cccc(Br)c2)C1. The maximum atomic E-state index is 11.8. The third kappa shape index (κ3) is 5.18. The Labute approximate surface area is 140 Å². The van der Waals surface area contributed by atoms with Gasteiger partial charge in [-0.2, -0.15) is 0 Å². The van der Waals surface area contributed by atoms with E-state index in [-0.39, 0.29) is 12.1 Å². The van der Waals surface area contributed by atoms with Crippen molar-refractivity contribution in [1.29, 1.82) is 0 Å². The van der Waals surface area contributed by atoms with Gasteiger partial charge >= 0.3 is 6.03 Å². The smallest absolute Gasteiger partial charge is 0.315 e. The van der Waals surface area contributed by atoms with Gasteiger partial charge in [0.1, 0.15) is 0 Å². The van der Waals surface area contributed by atoms with Gasteiger partial charge in [-0.25, -0.2) is 4.79 Å². The first-order valence-corrected chi connectivity index (χ1v) is 8.41. The molecule has 2 amide bonds. The Morgan fingerprint density at radius 2 is 2.36 bits per heavy atom. The number of amides is 2. The van der Waals surface area contributed by atoms with Gasteiger partial charge in [0.25, 0.3) is 0 Å². The first kappa shape index (κ1) is 17.1. The molecule has 0 aromatic heterocycles. The first-order chi connectivity index (χ1) is 10.6. The summed E-state index contributed by atoms with van der Waals surface area (Å²) in [5.74, 6) is 0.488. The summed E-state index contributed by atoms with van der Waals surface area (Å²) in [6.07, 6.45) is 1.10. The van der Waals surface area contributed by atoms with E-state index in [1.54, 1.807) is 7.11 Å². The van der Waals surface area contributed by atoms with Gasteiger partial charge in [-0.05, 0) is 37.5 Å². The quantitative estimate of drug-likeness (QED) is 0.810. The lowest BCUT2D eigenvalue weighted by Crippen LogP contribution is -2.44. The van der Waals surface area contributed by atoms with Crippen LogP contribution in [0, 0.1) is 5.92 Å². The van der Waals surface area contributed by atoms with Crippen molar-refractivity contribution in [3.63, 3.8) is 0 Å². The maximum Gasteiger partial charge on any atom is 0.315 e. The average molecular weight is 370 g/mol. The van der Waals surface area contributed by atoms with Crippen molar-refractivity contribution in [2.75, 3.05) is 38.3 Å². The molecular weight excluding hydrogens is 346 g/mol. The highest BCUT2D eigenvalue weighted by atomic mass is 79.9. The predicted molar refractivity (Wildman–Crippen MR) is 92.3 cm³/mol. The Hall–Kier alpha value is -1.27. The lowest BCUT2D eigenvalue weighted by atomic mass is 10.1. The molecule has 2 N–H and O–H groups in total. The van der Waals surface area contributed by atoms with Crippen LogP contribution in [-0.2, 0) is 4.74 Å². The van der Waals surface area contributed by atoms with Gasteiger partial charge in [0.2, 0.25) is 0 Å². The molecule has 1 aliphatic rings. The van der Waals surface area contributed by atoms with Crippen LogP contribution in [0.1, 0.15) is 13.3 Å². The van der Waals surface area contributed by atoms with Gasteiger partial charge in [-0.15, -0.1) is 0 Å². The van der Waals surface area contributed by atoms with Crippen LogP contribution in [0.25, 0.3) is 0 Å². The number of carbonyl (C=O) groups is 1. The maximum absolute atomic E-state index is 11.8. The molecule has 2 atom stereocenters. The Kier molecular flexibility index (Phi) is 6.51. The number of halogens is 1. The van der Waals surface area contributed by atoms with Gasteiger partial charge in [0.15, 0.2) is 0 Å². The molecule has 5 nitrogen and oxygen atoms in total. The zero-order valence-electron chi connectivity index (χ0n) is 13.1. The summed E-state index contributed by atoms with van der Waals surface area (Å²) in [6, 6.07) is 8.24. The summed E-state index contributed by atoms with van der Waals surface area (Å²) >= 11 is 3.51. The summed E-state index contributed by atoms with van der Waals surface area (Å²) in [7, 11) is 1.63. The molecule has 2 rings (SSSR count). The van der Waals surface area contributed by atoms with Crippen LogP contribution < -0.4 is 15.5 Å². The minimum atomic E-state index is -0.120. The highest BCUT2D eigenvalue weighted by Crippen LogP contribution is 2.25. The van der Waals surface area contributed by atoms with E-state index in [0.717, 1.165) is 24.0 Å². The van der Waals surface area contributed by atoms with Crippen molar-refractivity contribution in [1.82, 2.24) is 10.6 Å². The average Bonchev–Trinajstić information content (AvgIpc) is 2.94. The van der Waals surface area contributed by atoms with E-state index in [1.807, 2.05) is 13.0 Å². The van der Waals surface area contributed by atoms with E-state index >= 15 is 0 Å². The van der Waals surface area contributed by atoms with Crippen molar-refractivity contribution < 1.29 is 9.53 Å². The van der Waals surface area contributed by atoms with Crippen LogP contribution in [0.4, 0.5) is 10.5 Å². The molecule has 1 aliphatic heterocycles. The van der Waals surface area contributed by atoms with Gasteiger partial charge < -0.3 is 20.3 Å². The van der Waals surface area contributed by atoms with E-state index in [9.17, 15) is 4.79 Å². The van der Waals surface area contributed by atoms with Crippen molar-refractivity contribution in [3.8, 4) is 0 Å². The zero-order chi connectivity index (χ0) is 15.9. The molecule has 0 bridgehead atoms. The number of hydrogen-bond acceptors (Lipinski definition) is 3. The fraction of sp³-hybridized carbons (Fsp3) is 0.562. The third-order valence-electron chi connectivity index (χ3n) is 3.80. The summed E-state index contributed by atoms with van der Waals surface area (Å²) in [5.41, 5.74) is 1.23. The summed E-state index contributed by atoms with van der Waals surface area (Å²) in [4.78, 5) is 14.1. The van der Waals surface area contributed by atoms with Gasteiger partial charge in [-0.1, -0.05) is 22.0 Å². The Bertz CT molecular complexity index is 498. The lowest BCUT2D eigenvalue weighted by molar-refractivity contribution is 0.170. The van der Waals surface area contributed by atoms with Crippen LogP contribution in [0.2, 0.25) is 0 Å². The molecule has 0 spiro atoms. The largest absolute Gasteiger partial charge is 0.383 e. The number of methoxy groups -OCH3 is 1. The van der Waals surface area contributed by atoms with Crippen molar-refractivity contribution in [3.05, 3.63) is 28.7 Å². The topological polar surface area (TPSA) is 53.6 Å². The highest BCUT2D eigenvalue weighted by Gasteiger charge is 2.23.